The quantitative estimate of drug-likeness (QED) is 0.856. The van der Waals surface area contributed by atoms with Gasteiger partial charge in [0.2, 0.25) is 0 Å². The fourth-order valence-corrected chi connectivity index (χ4v) is 4.36. The summed E-state index contributed by atoms with van der Waals surface area (Å²) in [4.78, 5) is 4.64. The Bertz CT molecular complexity index is 549. The molecule has 0 radical (unpaired) electrons. The lowest BCUT2D eigenvalue weighted by Crippen LogP contribution is -2.25. The number of benzene rings is 1. The molecule has 1 saturated carbocycles. The molecule has 3 rings (SSSR count). The summed E-state index contributed by atoms with van der Waals surface area (Å²) in [6.45, 7) is 0. The Balaban J connectivity index is 1.67. The second-order valence-electron chi connectivity index (χ2n) is 4.87. The number of nitrogens with one attached hydrogen (secondary N) is 1. The Morgan fingerprint density at radius 1 is 1.32 bits per heavy atom. The number of thiazole rings is 1. The van der Waals surface area contributed by atoms with Crippen LogP contribution in [0.25, 0.3) is 10.2 Å². The minimum Gasteiger partial charge on any atom is -0.497 e. The van der Waals surface area contributed by atoms with Crippen LogP contribution in [0.1, 0.15) is 32.1 Å². The van der Waals surface area contributed by atoms with E-state index in [-0.39, 0.29) is 0 Å². The van der Waals surface area contributed by atoms with Crippen molar-refractivity contribution in [3.63, 3.8) is 0 Å². The summed E-state index contributed by atoms with van der Waals surface area (Å²) in [5.41, 5.74) is 1.05. The zero-order chi connectivity index (χ0) is 13.1. The molecule has 1 aromatic carbocycles. The van der Waals surface area contributed by atoms with Crippen molar-refractivity contribution in [1.82, 2.24) is 9.71 Å². The number of rotatable bonds is 4. The molecule has 0 bridgehead atoms. The maximum atomic E-state index is 5.24. The van der Waals surface area contributed by atoms with Crippen LogP contribution in [0.3, 0.4) is 0 Å². The predicted molar refractivity (Wildman–Crippen MR) is 82.0 cm³/mol. The van der Waals surface area contributed by atoms with Crippen molar-refractivity contribution in [3.05, 3.63) is 18.2 Å². The third-order valence-electron chi connectivity index (χ3n) is 3.49. The van der Waals surface area contributed by atoms with Gasteiger partial charge in [0.15, 0.2) is 4.34 Å². The molecular formula is C14H18N2OS2. The molecule has 1 fully saturated rings. The molecule has 0 saturated heterocycles. The highest BCUT2D eigenvalue weighted by Crippen LogP contribution is 2.31. The predicted octanol–water partition coefficient (Wildman–Crippen LogP) is 4.23. The number of hydrogen-bond donors (Lipinski definition) is 1. The molecular weight excluding hydrogens is 276 g/mol. The van der Waals surface area contributed by atoms with Crippen LogP contribution in [0.5, 0.6) is 5.75 Å². The van der Waals surface area contributed by atoms with Crippen LogP contribution in [0.4, 0.5) is 0 Å². The summed E-state index contributed by atoms with van der Waals surface area (Å²) in [5, 5.41) is 0. The van der Waals surface area contributed by atoms with Crippen molar-refractivity contribution in [3.8, 4) is 5.75 Å². The molecule has 0 amide bonds. The van der Waals surface area contributed by atoms with E-state index in [1.165, 1.54) is 36.8 Å². The molecule has 1 N–H and O–H groups in total. The van der Waals surface area contributed by atoms with Gasteiger partial charge in [-0.1, -0.05) is 19.3 Å². The van der Waals surface area contributed by atoms with Crippen LogP contribution in [-0.4, -0.2) is 18.1 Å². The van der Waals surface area contributed by atoms with Crippen molar-refractivity contribution in [2.75, 3.05) is 7.11 Å². The van der Waals surface area contributed by atoms with Gasteiger partial charge in [0.25, 0.3) is 0 Å². The average molecular weight is 294 g/mol. The normalized spacial score (nSPS) is 16.9. The highest BCUT2D eigenvalue weighted by molar-refractivity contribution is 7.99. The Morgan fingerprint density at radius 2 is 2.16 bits per heavy atom. The van der Waals surface area contributed by atoms with Gasteiger partial charge in [-0.15, -0.1) is 11.3 Å². The van der Waals surface area contributed by atoms with Crippen LogP contribution in [0, 0.1) is 0 Å². The molecule has 0 atom stereocenters. The molecule has 0 spiro atoms. The Hall–Kier alpha value is -0.780. The fraction of sp³-hybridized carbons (Fsp3) is 0.500. The monoisotopic (exact) mass is 294 g/mol. The largest absolute Gasteiger partial charge is 0.497 e. The molecule has 2 aromatic rings. The lowest BCUT2D eigenvalue weighted by Gasteiger charge is -2.21. The van der Waals surface area contributed by atoms with E-state index in [0.29, 0.717) is 6.04 Å². The summed E-state index contributed by atoms with van der Waals surface area (Å²) in [7, 11) is 1.70. The van der Waals surface area contributed by atoms with Crippen LogP contribution >= 0.6 is 23.3 Å². The van der Waals surface area contributed by atoms with Crippen molar-refractivity contribution in [1.29, 1.82) is 0 Å². The van der Waals surface area contributed by atoms with Crippen molar-refractivity contribution in [2.24, 2.45) is 0 Å². The number of methoxy groups -OCH3 is 1. The van der Waals surface area contributed by atoms with Gasteiger partial charge in [-0.25, -0.2) is 4.98 Å². The first-order valence-electron chi connectivity index (χ1n) is 6.72. The van der Waals surface area contributed by atoms with Crippen molar-refractivity contribution in [2.45, 2.75) is 42.5 Å². The third-order valence-corrected chi connectivity index (χ3v) is 5.52. The summed E-state index contributed by atoms with van der Waals surface area (Å²) in [6, 6.07) is 6.69. The zero-order valence-electron chi connectivity index (χ0n) is 11.0. The van der Waals surface area contributed by atoms with E-state index < -0.39 is 0 Å². The van der Waals surface area contributed by atoms with Crippen molar-refractivity contribution < 1.29 is 4.74 Å². The number of ether oxygens (including phenoxy) is 1. The van der Waals surface area contributed by atoms with E-state index in [2.05, 4.69) is 15.8 Å². The lowest BCUT2D eigenvalue weighted by molar-refractivity contribution is 0.415. The molecule has 1 aliphatic carbocycles. The minimum absolute atomic E-state index is 0.653. The zero-order valence-corrected chi connectivity index (χ0v) is 12.6. The fourth-order valence-electron chi connectivity index (χ4n) is 2.41. The average Bonchev–Trinajstić information content (AvgIpc) is 2.88. The highest BCUT2D eigenvalue weighted by Gasteiger charge is 2.14. The number of nitrogens with zero attached hydrogens (tertiary/aromatic N) is 1. The molecule has 19 heavy (non-hydrogen) atoms. The summed E-state index contributed by atoms with van der Waals surface area (Å²) >= 11 is 3.41. The Labute approximate surface area is 121 Å². The maximum Gasteiger partial charge on any atom is 0.166 e. The van der Waals surface area contributed by atoms with E-state index >= 15 is 0 Å². The van der Waals surface area contributed by atoms with Gasteiger partial charge in [0.1, 0.15) is 5.75 Å². The van der Waals surface area contributed by atoms with Gasteiger partial charge in [-0.3, -0.25) is 4.72 Å². The first-order valence-corrected chi connectivity index (χ1v) is 8.35. The van der Waals surface area contributed by atoms with Crippen LogP contribution in [0.15, 0.2) is 22.5 Å². The Kier molecular flexibility index (Phi) is 4.25. The number of hydrogen-bond acceptors (Lipinski definition) is 5. The maximum absolute atomic E-state index is 5.24. The summed E-state index contributed by atoms with van der Waals surface area (Å²) in [6.07, 6.45) is 6.70. The minimum atomic E-state index is 0.653. The lowest BCUT2D eigenvalue weighted by atomic mass is 9.96. The molecule has 1 aromatic heterocycles. The van der Waals surface area contributed by atoms with Crippen LogP contribution < -0.4 is 9.46 Å². The molecule has 102 valence electrons. The second-order valence-corrected chi connectivity index (χ2v) is 6.98. The van der Waals surface area contributed by atoms with E-state index in [1.54, 1.807) is 30.4 Å². The Morgan fingerprint density at radius 3 is 2.95 bits per heavy atom. The van der Waals surface area contributed by atoms with E-state index in [9.17, 15) is 0 Å². The standard InChI is InChI=1S/C14H18N2OS2/c1-17-11-7-8-12-13(9-11)18-14(15-12)19-16-10-5-3-2-4-6-10/h7-10,16H,2-6H2,1H3. The van der Waals surface area contributed by atoms with E-state index in [1.807, 2.05) is 12.1 Å². The van der Waals surface area contributed by atoms with Gasteiger partial charge in [0, 0.05) is 6.04 Å². The number of fused-ring (bicyclic) bond motifs is 1. The number of aromatic nitrogens is 1. The SMILES string of the molecule is COc1ccc2nc(SNC3CCCCC3)sc2c1. The first kappa shape index (κ1) is 13.2. The first-order chi connectivity index (χ1) is 9.35. The van der Waals surface area contributed by atoms with E-state index in [4.69, 9.17) is 4.74 Å². The smallest absolute Gasteiger partial charge is 0.166 e. The van der Waals surface area contributed by atoms with Crippen LogP contribution in [0.2, 0.25) is 0 Å². The van der Waals surface area contributed by atoms with Gasteiger partial charge < -0.3 is 4.74 Å². The van der Waals surface area contributed by atoms with Gasteiger partial charge in [0.05, 0.1) is 17.3 Å². The van der Waals surface area contributed by atoms with Gasteiger partial charge >= 0.3 is 0 Å². The summed E-state index contributed by atoms with van der Waals surface area (Å²) in [5.74, 6) is 0.896. The van der Waals surface area contributed by atoms with E-state index in [0.717, 1.165) is 15.6 Å². The molecule has 1 aliphatic rings. The second kappa shape index (κ2) is 6.11. The van der Waals surface area contributed by atoms with Crippen molar-refractivity contribution >= 4 is 33.5 Å². The van der Waals surface area contributed by atoms with Gasteiger partial charge in [-0.2, -0.15) is 0 Å². The third kappa shape index (κ3) is 3.22. The molecule has 0 unspecified atom stereocenters. The van der Waals surface area contributed by atoms with Crippen LogP contribution in [-0.2, 0) is 0 Å². The molecule has 5 heteroatoms. The summed E-state index contributed by atoms with van der Waals surface area (Å²) < 4.78 is 11.1. The van der Waals surface area contributed by atoms with Gasteiger partial charge in [-0.05, 0) is 43.0 Å². The highest BCUT2D eigenvalue weighted by atomic mass is 32.2. The topological polar surface area (TPSA) is 34.1 Å². The molecule has 3 nitrogen and oxygen atoms in total. The molecule has 1 heterocycles. The molecule has 0 aliphatic heterocycles.